The van der Waals surface area contributed by atoms with Gasteiger partial charge >= 0.3 is 0 Å². The fourth-order valence-electron chi connectivity index (χ4n) is 5.80. The highest BCUT2D eigenvalue weighted by atomic mass is 15.4. The Kier molecular flexibility index (Phi) is 3.54. The average molecular weight is 328 g/mol. The standard InChI is InChI=1S/C18H28N6/c1-3-16(21-19-9-1)23-12-8-18(14-23)5-2-11-24(18)15-4-6-17(13-15)7-10-20-22-17/h1,3,9,15,20,22H,2,4-8,10-14H2. The molecule has 3 saturated heterocycles. The van der Waals surface area contributed by atoms with E-state index in [1.807, 2.05) is 6.07 Å². The molecule has 1 aromatic heterocycles. The van der Waals surface area contributed by atoms with Gasteiger partial charge in [-0.1, -0.05) is 0 Å². The minimum atomic E-state index is 0.373. The Bertz CT molecular complexity index is 586. The van der Waals surface area contributed by atoms with E-state index in [1.165, 1.54) is 51.5 Å². The van der Waals surface area contributed by atoms with Gasteiger partial charge in [0.05, 0.1) is 0 Å². The lowest BCUT2D eigenvalue weighted by atomic mass is 9.92. The van der Waals surface area contributed by atoms with Gasteiger partial charge in [-0.05, 0) is 63.6 Å². The monoisotopic (exact) mass is 328 g/mol. The van der Waals surface area contributed by atoms with Crippen LogP contribution in [-0.4, -0.2) is 58.4 Å². The largest absolute Gasteiger partial charge is 0.353 e. The van der Waals surface area contributed by atoms with Gasteiger partial charge in [-0.25, -0.2) is 0 Å². The summed E-state index contributed by atoms with van der Waals surface area (Å²) in [4.78, 5) is 5.34. The maximum atomic E-state index is 4.33. The van der Waals surface area contributed by atoms with Crippen LogP contribution in [-0.2, 0) is 0 Å². The summed E-state index contributed by atoms with van der Waals surface area (Å²) in [5, 5.41) is 8.40. The molecule has 4 heterocycles. The van der Waals surface area contributed by atoms with Crippen LogP contribution in [0.15, 0.2) is 18.3 Å². The number of aromatic nitrogens is 2. The Morgan fingerprint density at radius 3 is 3.00 bits per heavy atom. The Balaban J connectivity index is 1.33. The van der Waals surface area contributed by atoms with E-state index in [9.17, 15) is 0 Å². The highest BCUT2D eigenvalue weighted by Crippen LogP contribution is 2.45. The quantitative estimate of drug-likeness (QED) is 0.854. The van der Waals surface area contributed by atoms with Crippen LogP contribution in [0, 0.1) is 0 Å². The summed E-state index contributed by atoms with van der Waals surface area (Å²) in [6.07, 6.45) is 11.0. The second-order valence-corrected chi connectivity index (χ2v) is 8.25. The lowest BCUT2D eigenvalue weighted by Gasteiger charge is -2.40. The SMILES string of the molecule is c1cnnc(N2CCC3(CCCN3C3CCC4(CCNN4)C3)C2)c1. The lowest BCUT2D eigenvalue weighted by molar-refractivity contribution is 0.0997. The smallest absolute Gasteiger partial charge is 0.151 e. The molecule has 3 atom stereocenters. The Morgan fingerprint density at radius 2 is 2.17 bits per heavy atom. The van der Waals surface area contributed by atoms with Crippen molar-refractivity contribution in [1.29, 1.82) is 0 Å². The van der Waals surface area contributed by atoms with E-state index >= 15 is 0 Å². The number of nitrogens with one attached hydrogen (secondary N) is 2. The Morgan fingerprint density at radius 1 is 1.17 bits per heavy atom. The van der Waals surface area contributed by atoms with Crippen molar-refractivity contribution in [3.8, 4) is 0 Å². The van der Waals surface area contributed by atoms with Crippen LogP contribution in [0.1, 0.15) is 44.9 Å². The minimum absolute atomic E-state index is 0.373. The summed E-state index contributed by atoms with van der Waals surface area (Å²) in [6.45, 7) is 4.65. The van der Waals surface area contributed by atoms with Gasteiger partial charge < -0.3 is 4.90 Å². The fourth-order valence-corrected chi connectivity index (χ4v) is 5.80. The molecule has 1 saturated carbocycles. The first kappa shape index (κ1) is 15.0. The van der Waals surface area contributed by atoms with Crippen LogP contribution in [0.5, 0.6) is 0 Å². The van der Waals surface area contributed by atoms with Gasteiger partial charge in [0, 0.05) is 43.0 Å². The van der Waals surface area contributed by atoms with E-state index in [0.29, 0.717) is 11.1 Å². The maximum Gasteiger partial charge on any atom is 0.151 e. The molecule has 2 spiro atoms. The first-order valence-electron chi connectivity index (χ1n) is 9.58. The second kappa shape index (κ2) is 5.64. The zero-order chi connectivity index (χ0) is 16.0. The lowest BCUT2D eigenvalue weighted by Crippen LogP contribution is -2.52. The van der Waals surface area contributed by atoms with Crippen molar-refractivity contribution in [2.24, 2.45) is 0 Å². The number of hydrogen-bond acceptors (Lipinski definition) is 6. The van der Waals surface area contributed by atoms with Crippen LogP contribution in [0.25, 0.3) is 0 Å². The highest BCUT2D eigenvalue weighted by Gasteiger charge is 2.52. The molecule has 0 radical (unpaired) electrons. The predicted molar refractivity (Wildman–Crippen MR) is 93.7 cm³/mol. The molecule has 0 aromatic carbocycles. The maximum absolute atomic E-state index is 4.33. The Labute approximate surface area is 144 Å². The first-order chi connectivity index (χ1) is 11.8. The van der Waals surface area contributed by atoms with Crippen molar-refractivity contribution in [3.63, 3.8) is 0 Å². The van der Waals surface area contributed by atoms with Crippen LogP contribution in [0.3, 0.4) is 0 Å². The van der Waals surface area contributed by atoms with E-state index in [2.05, 4.69) is 36.9 Å². The number of rotatable bonds is 2. The molecule has 24 heavy (non-hydrogen) atoms. The third kappa shape index (κ3) is 2.35. The molecule has 6 heteroatoms. The minimum Gasteiger partial charge on any atom is -0.353 e. The van der Waals surface area contributed by atoms with E-state index in [1.54, 1.807) is 6.20 Å². The van der Waals surface area contributed by atoms with Gasteiger partial charge in [-0.15, -0.1) is 5.10 Å². The summed E-state index contributed by atoms with van der Waals surface area (Å²) >= 11 is 0. The molecule has 1 aromatic rings. The van der Waals surface area contributed by atoms with Crippen molar-refractivity contribution >= 4 is 5.82 Å². The molecule has 2 N–H and O–H groups in total. The molecule has 0 amide bonds. The van der Waals surface area contributed by atoms with E-state index < -0.39 is 0 Å². The van der Waals surface area contributed by atoms with Gasteiger partial charge in [0.15, 0.2) is 5.82 Å². The summed E-state index contributed by atoms with van der Waals surface area (Å²) in [7, 11) is 0. The average Bonchev–Trinajstić information content (AvgIpc) is 3.40. The third-order valence-corrected chi connectivity index (χ3v) is 6.97. The van der Waals surface area contributed by atoms with Gasteiger partial charge in [0.25, 0.3) is 0 Å². The molecule has 4 fully saturated rings. The summed E-state index contributed by atoms with van der Waals surface area (Å²) in [5.41, 5.74) is 7.70. The highest BCUT2D eigenvalue weighted by molar-refractivity contribution is 5.40. The van der Waals surface area contributed by atoms with E-state index in [4.69, 9.17) is 0 Å². The van der Waals surface area contributed by atoms with Gasteiger partial charge in [-0.2, -0.15) is 5.10 Å². The van der Waals surface area contributed by atoms with Crippen molar-refractivity contribution in [2.45, 2.75) is 62.1 Å². The molecule has 0 bridgehead atoms. The van der Waals surface area contributed by atoms with Crippen LogP contribution < -0.4 is 15.8 Å². The van der Waals surface area contributed by atoms with Crippen molar-refractivity contribution in [2.75, 3.05) is 31.1 Å². The molecule has 1 aliphatic carbocycles. The number of nitrogens with zero attached hydrogens (tertiary/aromatic N) is 4. The Hall–Kier alpha value is -1.24. The number of hydrogen-bond donors (Lipinski definition) is 2. The topological polar surface area (TPSA) is 56.3 Å². The first-order valence-corrected chi connectivity index (χ1v) is 9.58. The van der Waals surface area contributed by atoms with Crippen LogP contribution >= 0.6 is 0 Å². The van der Waals surface area contributed by atoms with E-state index in [0.717, 1.165) is 31.5 Å². The van der Waals surface area contributed by atoms with Gasteiger partial charge in [-0.3, -0.25) is 15.8 Å². The molecule has 4 aliphatic rings. The zero-order valence-electron chi connectivity index (χ0n) is 14.4. The predicted octanol–water partition coefficient (Wildman–Crippen LogP) is 1.31. The number of hydrazine groups is 1. The van der Waals surface area contributed by atoms with Crippen LogP contribution in [0.2, 0.25) is 0 Å². The molecular weight excluding hydrogens is 300 g/mol. The molecule has 3 aliphatic heterocycles. The summed E-state index contributed by atoms with van der Waals surface area (Å²) in [6, 6.07) is 4.85. The molecule has 130 valence electrons. The van der Waals surface area contributed by atoms with Gasteiger partial charge in [0.1, 0.15) is 0 Å². The van der Waals surface area contributed by atoms with Crippen molar-refractivity contribution in [1.82, 2.24) is 25.9 Å². The molecule has 6 nitrogen and oxygen atoms in total. The molecular formula is C18H28N6. The summed E-state index contributed by atoms with van der Waals surface area (Å²) in [5.74, 6) is 1.05. The third-order valence-electron chi connectivity index (χ3n) is 6.97. The van der Waals surface area contributed by atoms with Gasteiger partial charge in [0.2, 0.25) is 0 Å². The van der Waals surface area contributed by atoms with Crippen molar-refractivity contribution < 1.29 is 0 Å². The fraction of sp³-hybridized carbons (Fsp3) is 0.778. The number of likely N-dealkylation sites (tertiary alicyclic amines) is 1. The normalized spacial score (nSPS) is 39.7. The molecule has 5 rings (SSSR count). The second-order valence-electron chi connectivity index (χ2n) is 8.25. The zero-order valence-corrected chi connectivity index (χ0v) is 14.4. The number of anilines is 1. The molecule has 3 unspecified atom stereocenters. The summed E-state index contributed by atoms with van der Waals surface area (Å²) < 4.78 is 0. The van der Waals surface area contributed by atoms with Crippen molar-refractivity contribution in [3.05, 3.63) is 18.3 Å². The van der Waals surface area contributed by atoms with Crippen LogP contribution in [0.4, 0.5) is 5.82 Å². The van der Waals surface area contributed by atoms with E-state index in [-0.39, 0.29) is 0 Å².